The van der Waals surface area contributed by atoms with Crippen LogP contribution in [0.4, 0.5) is 0 Å². The zero-order valence-corrected chi connectivity index (χ0v) is 6.03. The van der Waals surface area contributed by atoms with Crippen molar-refractivity contribution in [1.29, 1.82) is 0 Å². The van der Waals surface area contributed by atoms with Gasteiger partial charge in [-0.05, 0) is 6.42 Å². The highest BCUT2D eigenvalue weighted by molar-refractivity contribution is 4.84. The van der Waals surface area contributed by atoms with Gasteiger partial charge in [-0.3, -0.25) is 0 Å². The summed E-state index contributed by atoms with van der Waals surface area (Å²) in [5.74, 6) is 0.751. The second-order valence-corrected chi connectivity index (χ2v) is 2.09. The topological polar surface area (TPSA) is 79.4 Å². The van der Waals surface area contributed by atoms with Crippen LogP contribution in [0, 0.1) is 0 Å². The minimum Gasteiger partial charge on any atom is -0.396 e. The third-order valence-corrected chi connectivity index (χ3v) is 1.20. The first-order valence-electron chi connectivity index (χ1n) is 3.40. The predicted octanol–water partition coefficient (Wildman–Crippen LogP) is -0.513. The molecule has 5 nitrogen and oxygen atoms in total. The van der Waals surface area contributed by atoms with Crippen LogP contribution in [0.3, 0.4) is 0 Å². The molecule has 1 heterocycles. The van der Waals surface area contributed by atoms with E-state index < -0.39 is 0 Å². The van der Waals surface area contributed by atoms with E-state index in [0.717, 1.165) is 0 Å². The van der Waals surface area contributed by atoms with Crippen molar-refractivity contribution in [3.63, 3.8) is 0 Å². The lowest BCUT2D eigenvalue weighted by molar-refractivity contribution is 0.222. The normalized spacial score (nSPS) is 10.4. The van der Waals surface area contributed by atoms with Crippen LogP contribution in [-0.4, -0.2) is 27.0 Å². The van der Waals surface area contributed by atoms with Crippen LogP contribution < -0.4 is 0 Å². The number of rotatable bonds is 4. The molecular formula is C6H10N2O3. The molecule has 1 rings (SSSR count). The van der Waals surface area contributed by atoms with E-state index in [0.29, 0.717) is 18.7 Å². The zero-order valence-electron chi connectivity index (χ0n) is 6.03. The summed E-state index contributed by atoms with van der Waals surface area (Å²) < 4.78 is 4.62. The fraction of sp³-hybridized carbons (Fsp3) is 0.667. The van der Waals surface area contributed by atoms with Crippen LogP contribution in [0.25, 0.3) is 0 Å². The number of aliphatic hydroxyl groups excluding tert-OH is 2. The average Bonchev–Trinajstić information content (AvgIpc) is 2.48. The molecule has 0 aliphatic heterocycles. The number of aryl methyl sites for hydroxylation is 1. The van der Waals surface area contributed by atoms with Crippen molar-refractivity contribution in [3.8, 4) is 0 Å². The van der Waals surface area contributed by atoms with E-state index in [2.05, 4.69) is 14.7 Å². The van der Waals surface area contributed by atoms with E-state index in [4.69, 9.17) is 10.2 Å². The molecule has 0 spiro atoms. The van der Waals surface area contributed by atoms with Crippen LogP contribution in [-0.2, 0) is 13.0 Å². The molecule has 0 aliphatic rings. The van der Waals surface area contributed by atoms with E-state index in [1.165, 1.54) is 0 Å². The summed E-state index contributed by atoms with van der Waals surface area (Å²) in [6.07, 6.45) is 1.20. The molecule has 5 heteroatoms. The van der Waals surface area contributed by atoms with Gasteiger partial charge < -0.3 is 14.7 Å². The van der Waals surface area contributed by atoms with E-state index in [-0.39, 0.29) is 19.1 Å². The van der Waals surface area contributed by atoms with Gasteiger partial charge in [-0.15, -0.1) is 0 Å². The highest BCUT2D eigenvalue weighted by atomic mass is 16.5. The third-order valence-electron chi connectivity index (χ3n) is 1.20. The van der Waals surface area contributed by atoms with Gasteiger partial charge in [0.2, 0.25) is 0 Å². The molecule has 0 aromatic carbocycles. The molecule has 0 bridgehead atoms. The Labute approximate surface area is 63.7 Å². The fourth-order valence-corrected chi connectivity index (χ4v) is 0.693. The number of aromatic nitrogens is 2. The Balaban J connectivity index is 2.44. The molecule has 1 aromatic rings. The molecule has 0 atom stereocenters. The smallest absolute Gasteiger partial charge is 0.252 e. The van der Waals surface area contributed by atoms with Gasteiger partial charge in [-0.2, -0.15) is 4.98 Å². The molecular weight excluding hydrogens is 148 g/mol. The van der Waals surface area contributed by atoms with Gasteiger partial charge in [-0.1, -0.05) is 5.16 Å². The van der Waals surface area contributed by atoms with E-state index >= 15 is 0 Å². The van der Waals surface area contributed by atoms with Crippen LogP contribution in [0.15, 0.2) is 4.52 Å². The lowest BCUT2D eigenvalue weighted by Gasteiger charge is -1.87. The Morgan fingerprint density at radius 2 is 2.18 bits per heavy atom. The van der Waals surface area contributed by atoms with Gasteiger partial charge in [0.15, 0.2) is 5.82 Å². The number of hydrogen-bond acceptors (Lipinski definition) is 5. The quantitative estimate of drug-likeness (QED) is 0.616. The first kappa shape index (κ1) is 8.16. The first-order chi connectivity index (χ1) is 5.36. The van der Waals surface area contributed by atoms with Crippen molar-refractivity contribution in [1.82, 2.24) is 10.1 Å². The largest absolute Gasteiger partial charge is 0.396 e. The minimum atomic E-state index is -0.230. The molecule has 62 valence electrons. The standard InChI is InChI=1S/C6H10N2O3/c9-3-1-2-5-7-6(4-10)11-8-5/h9-10H,1-4H2. The molecule has 0 unspecified atom stereocenters. The van der Waals surface area contributed by atoms with Gasteiger partial charge >= 0.3 is 0 Å². The Morgan fingerprint density at radius 3 is 2.73 bits per heavy atom. The van der Waals surface area contributed by atoms with E-state index in [1.54, 1.807) is 0 Å². The van der Waals surface area contributed by atoms with Crippen LogP contribution in [0.1, 0.15) is 18.1 Å². The minimum absolute atomic E-state index is 0.114. The Kier molecular flexibility index (Phi) is 3.00. The Bertz CT molecular complexity index is 211. The van der Waals surface area contributed by atoms with Crippen molar-refractivity contribution in [2.24, 2.45) is 0 Å². The second kappa shape index (κ2) is 4.05. The molecule has 0 fully saturated rings. The summed E-state index contributed by atoms with van der Waals surface area (Å²) in [7, 11) is 0. The van der Waals surface area contributed by atoms with Crippen molar-refractivity contribution in [2.45, 2.75) is 19.4 Å². The van der Waals surface area contributed by atoms with Crippen molar-refractivity contribution >= 4 is 0 Å². The van der Waals surface area contributed by atoms with Gasteiger partial charge in [-0.25, -0.2) is 0 Å². The highest BCUT2D eigenvalue weighted by Gasteiger charge is 2.02. The lowest BCUT2D eigenvalue weighted by atomic mass is 10.3. The number of hydrogen-bond donors (Lipinski definition) is 2. The maximum atomic E-state index is 8.53. The average molecular weight is 158 g/mol. The maximum Gasteiger partial charge on any atom is 0.252 e. The number of aliphatic hydroxyl groups is 2. The summed E-state index contributed by atoms with van der Waals surface area (Å²) in [6.45, 7) is -0.116. The van der Waals surface area contributed by atoms with Gasteiger partial charge in [0.1, 0.15) is 6.61 Å². The molecule has 1 aromatic heterocycles. The zero-order chi connectivity index (χ0) is 8.10. The lowest BCUT2D eigenvalue weighted by Crippen LogP contribution is -1.92. The van der Waals surface area contributed by atoms with E-state index in [1.807, 2.05) is 0 Å². The molecule has 0 saturated carbocycles. The van der Waals surface area contributed by atoms with Crippen molar-refractivity contribution in [2.75, 3.05) is 6.61 Å². The third kappa shape index (κ3) is 2.28. The maximum absolute atomic E-state index is 8.53. The number of nitrogens with zero attached hydrogens (tertiary/aromatic N) is 2. The Morgan fingerprint density at radius 1 is 1.36 bits per heavy atom. The summed E-state index contributed by atoms with van der Waals surface area (Å²) >= 11 is 0. The highest BCUT2D eigenvalue weighted by Crippen LogP contribution is 1.99. The monoisotopic (exact) mass is 158 g/mol. The molecule has 0 saturated heterocycles. The van der Waals surface area contributed by atoms with Crippen LogP contribution >= 0.6 is 0 Å². The van der Waals surface area contributed by atoms with Crippen LogP contribution in [0.2, 0.25) is 0 Å². The van der Waals surface area contributed by atoms with Gasteiger partial charge in [0, 0.05) is 13.0 Å². The Hall–Kier alpha value is -0.940. The molecule has 2 N–H and O–H groups in total. The molecule has 11 heavy (non-hydrogen) atoms. The predicted molar refractivity (Wildman–Crippen MR) is 35.6 cm³/mol. The van der Waals surface area contributed by atoms with Gasteiger partial charge in [0.25, 0.3) is 5.89 Å². The summed E-state index contributed by atoms with van der Waals surface area (Å²) in [6, 6.07) is 0. The van der Waals surface area contributed by atoms with E-state index in [9.17, 15) is 0 Å². The summed E-state index contributed by atoms with van der Waals surface area (Å²) in [4.78, 5) is 3.83. The van der Waals surface area contributed by atoms with Gasteiger partial charge in [0.05, 0.1) is 0 Å². The molecule has 0 amide bonds. The second-order valence-electron chi connectivity index (χ2n) is 2.09. The van der Waals surface area contributed by atoms with Crippen molar-refractivity contribution in [3.05, 3.63) is 11.7 Å². The fourth-order valence-electron chi connectivity index (χ4n) is 0.693. The molecule has 0 radical (unpaired) electrons. The summed E-state index contributed by atoms with van der Waals surface area (Å²) in [5.41, 5.74) is 0. The summed E-state index contributed by atoms with van der Waals surface area (Å²) in [5, 5.41) is 20.6. The van der Waals surface area contributed by atoms with Crippen molar-refractivity contribution < 1.29 is 14.7 Å². The van der Waals surface area contributed by atoms with Crippen LogP contribution in [0.5, 0.6) is 0 Å². The first-order valence-corrected chi connectivity index (χ1v) is 3.40. The molecule has 0 aliphatic carbocycles. The SMILES string of the molecule is OCCCc1noc(CO)n1.